The topological polar surface area (TPSA) is 58.6 Å². The van der Waals surface area contributed by atoms with Crippen molar-refractivity contribution in [2.45, 2.75) is 32.2 Å². The smallest absolute Gasteiger partial charge is 0.232 e. The quantitative estimate of drug-likeness (QED) is 0.596. The number of para-hydroxylation sites is 1. The van der Waals surface area contributed by atoms with Gasteiger partial charge in [0.1, 0.15) is 11.5 Å². The van der Waals surface area contributed by atoms with E-state index in [9.17, 15) is 9.59 Å². The zero-order chi connectivity index (χ0) is 18.4. The normalized spacial score (nSPS) is 16.6. The molecule has 2 aromatic carbocycles. The van der Waals surface area contributed by atoms with Gasteiger partial charge in [0.15, 0.2) is 0 Å². The molecular formula is C20H22N2O3S. The van der Waals surface area contributed by atoms with Crippen molar-refractivity contribution in [2.75, 3.05) is 5.88 Å². The summed E-state index contributed by atoms with van der Waals surface area (Å²) in [6.45, 7) is 1.48. The van der Waals surface area contributed by atoms with Gasteiger partial charge in [-0.05, 0) is 54.6 Å². The van der Waals surface area contributed by atoms with Gasteiger partial charge in [-0.3, -0.25) is 13.9 Å². The highest BCUT2D eigenvalue weighted by Crippen LogP contribution is 2.29. The van der Waals surface area contributed by atoms with Crippen LogP contribution in [0.15, 0.2) is 54.6 Å². The highest BCUT2D eigenvalue weighted by molar-refractivity contribution is 7.97. The highest BCUT2D eigenvalue weighted by atomic mass is 32.2. The van der Waals surface area contributed by atoms with E-state index >= 15 is 0 Å². The first-order valence-electron chi connectivity index (χ1n) is 8.63. The minimum Gasteiger partial charge on any atom is -0.457 e. The molecule has 0 saturated carbocycles. The van der Waals surface area contributed by atoms with Crippen LogP contribution >= 0.6 is 11.9 Å². The molecular weight excluding hydrogens is 348 g/mol. The Balaban J connectivity index is 1.57. The second-order valence-electron chi connectivity index (χ2n) is 6.18. The molecule has 1 fully saturated rings. The monoisotopic (exact) mass is 370 g/mol. The number of hydrogen-bond donors (Lipinski definition) is 1. The fourth-order valence-corrected chi connectivity index (χ4v) is 3.91. The van der Waals surface area contributed by atoms with E-state index in [0.29, 0.717) is 12.3 Å². The number of ether oxygens (including phenoxy) is 1. The number of carbonyl (C=O) groups is 2. The Hall–Kier alpha value is -2.47. The SMILES string of the molecule is CC(=O)NCSN1C(=O)CC[C@@H]1Cc1ccc(Oc2ccccc2)cc1. The maximum atomic E-state index is 12.1. The number of rotatable bonds is 7. The lowest BCUT2D eigenvalue weighted by molar-refractivity contribution is -0.124. The summed E-state index contributed by atoms with van der Waals surface area (Å²) >= 11 is 1.38. The van der Waals surface area contributed by atoms with Crippen LogP contribution in [-0.4, -0.2) is 28.0 Å². The summed E-state index contributed by atoms with van der Waals surface area (Å²) in [7, 11) is 0. The van der Waals surface area contributed by atoms with E-state index in [0.717, 1.165) is 29.9 Å². The fourth-order valence-electron chi connectivity index (χ4n) is 2.88. The molecule has 1 saturated heterocycles. The Labute approximate surface area is 157 Å². The lowest BCUT2D eigenvalue weighted by Gasteiger charge is -2.23. The molecule has 1 aliphatic rings. The van der Waals surface area contributed by atoms with Gasteiger partial charge in [0.05, 0.1) is 5.88 Å². The molecule has 1 atom stereocenters. The van der Waals surface area contributed by atoms with Crippen molar-refractivity contribution in [1.82, 2.24) is 9.62 Å². The maximum Gasteiger partial charge on any atom is 0.232 e. The first-order chi connectivity index (χ1) is 12.6. The summed E-state index contributed by atoms with van der Waals surface area (Å²) in [4.78, 5) is 23.1. The van der Waals surface area contributed by atoms with Gasteiger partial charge in [-0.15, -0.1) is 0 Å². The molecule has 136 valence electrons. The molecule has 2 amide bonds. The lowest BCUT2D eigenvalue weighted by Crippen LogP contribution is -2.31. The molecule has 0 unspecified atom stereocenters. The van der Waals surface area contributed by atoms with E-state index < -0.39 is 0 Å². The minimum absolute atomic E-state index is 0.0882. The number of hydrogen-bond acceptors (Lipinski definition) is 4. The zero-order valence-electron chi connectivity index (χ0n) is 14.7. The predicted octanol–water partition coefficient (Wildman–Crippen LogP) is 3.75. The zero-order valence-corrected chi connectivity index (χ0v) is 15.5. The summed E-state index contributed by atoms with van der Waals surface area (Å²) in [5, 5.41) is 2.72. The molecule has 1 heterocycles. The van der Waals surface area contributed by atoms with Gasteiger partial charge in [-0.2, -0.15) is 0 Å². The number of nitrogens with one attached hydrogen (secondary N) is 1. The van der Waals surface area contributed by atoms with Crippen LogP contribution in [0.3, 0.4) is 0 Å². The van der Waals surface area contributed by atoms with Gasteiger partial charge in [-0.1, -0.05) is 30.3 Å². The largest absolute Gasteiger partial charge is 0.457 e. The van der Waals surface area contributed by atoms with Gasteiger partial charge in [0.25, 0.3) is 0 Å². The van der Waals surface area contributed by atoms with E-state index in [1.54, 1.807) is 0 Å². The lowest BCUT2D eigenvalue weighted by atomic mass is 10.0. The van der Waals surface area contributed by atoms with Gasteiger partial charge in [0, 0.05) is 19.4 Å². The Kier molecular flexibility index (Phi) is 6.17. The summed E-state index contributed by atoms with van der Waals surface area (Å²) in [5.74, 6) is 2.06. The van der Waals surface area contributed by atoms with Crippen molar-refractivity contribution >= 4 is 23.8 Å². The van der Waals surface area contributed by atoms with Crippen molar-refractivity contribution in [3.63, 3.8) is 0 Å². The summed E-state index contributed by atoms with van der Waals surface area (Å²) < 4.78 is 7.62. The van der Waals surface area contributed by atoms with Crippen LogP contribution in [0.4, 0.5) is 0 Å². The molecule has 0 spiro atoms. The highest BCUT2D eigenvalue weighted by Gasteiger charge is 2.31. The molecule has 1 aliphatic heterocycles. The maximum absolute atomic E-state index is 12.1. The van der Waals surface area contributed by atoms with E-state index in [2.05, 4.69) is 5.32 Å². The number of benzene rings is 2. The van der Waals surface area contributed by atoms with Crippen molar-refractivity contribution in [1.29, 1.82) is 0 Å². The standard InChI is InChI=1S/C20H22N2O3S/c1-15(23)21-14-26-22-17(9-12-20(22)24)13-16-7-10-19(11-8-16)25-18-5-3-2-4-6-18/h2-8,10-11,17H,9,12-14H2,1H3,(H,21,23)/t17-/m1/s1. The molecule has 0 bridgehead atoms. The average Bonchev–Trinajstić information content (AvgIpc) is 2.97. The molecule has 6 heteroatoms. The molecule has 1 N–H and O–H groups in total. The van der Waals surface area contributed by atoms with E-state index in [1.165, 1.54) is 18.9 Å². The van der Waals surface area contributed by atoms with Crippen LogP contribution in [0.2, 0.25) is 0 Å². The van der Waals surface area contributed by atoms with Crippen LogP contribution < -0.4 is 10.1 Å². The number of nitrogens with zero attached hydrogens (tertiary/aromatic N) is 1. The summed E-state index contributed by atoms with van der Waals surface area (Å²) in [6.07, 6.45) is 2.20. The third-order valence-electron chi connectivity index (χ3n) is 4.17. The molecule has 5 nitrogen and oxygen atoms in total. The van der Waals surface area contributed by atoms with Gasteiger partial charge in [-0.25, -0.2) is 0 Å². The first kappa shape index (κ1) is 18.3. The van der Waals surface area contributed by atoms with Crippen molar-refractivity contribution in [2.24, 2.45) is 0 Å². The third-order valence-corrected chi connectivity index (χ3v) is 5.22. The van der Waals surface area contributed by atoms with Crippen molar-refractivity contribution in [3.05, 3.63) is 60.2 Å². The molecule has 3 rings (SSSR count). The summed E-state index contributed by atoms with van der Waals surface area (Å²) in [6, 6.07) is 17.8. The predicted molar refractivity (Wildman–Crippen MR) is 103 cm³/mol. The van der Waals surface area contributed by atoms with Gasteiger partial charge >= 0.3 is 0 Å². The molecule has 0 aromatic heterocycles. The second-order valence-corrected chi connectivity index (χ2v) is 7.12. The average molecular weight is 370 g/mol. The van der Waals surface area contributed by atoms with Crippen molar-refractivity contribution in [3.8, 4) is 11.5 Å². The first-order valence-corrected chi connectivity index (χ1v) is 9.57. The number of amides is 2. The van der Waals surface area contributed by atoms with E-state index in [1.807, 2.05) is 58.9 Å². The third kappa shape index (κ3) is 5.02. The van der Waals surface area contributed by atoms with Gasteiger partial charge < -0.3 is 10.1 Å². The number of carbonyl (C=O) groups excluding carboxylic acids is 2. The Morgan fingerprint density at radius 1 is 1.15 bits per heavy atom. The minimum atomic E-state index is -0.0882. The molecule has 0 aliphatic carbocycles. The van der Waals surface area contributed by atoms with Crippen LogP contribution in [0, 0.1) is 0 Å². The molecule has 0 radical (unpaired) electrons. The van der Waals surface area contributed by atoms with E-state index in [-0.39, 0.29) is 17.9 Å². The van der Waals surface area contributed by atoms with Crippen LogP contribution in [0.1, 0.15) is 25.3 Å². The van der Waals surface area contributed by atoms with Crippen LogP contribution in [-0.2, 0) is 16.0 Å². The Morgan fingerprint density at radius 2 is 1.85 bits per heavy atom. The van der Waals surface area contributed by atoms with Gasteiger partial charge in [0.2, 0.25) is 11.8 Å². The van der Waals surface area contributed by atoms with Crippen LogP contribution in [0.5, 0.6) is 11.5 Å². The van der Waals surface area contributed by atoms with Crippen LogP contribution in [0.25, 0.3) is 0 Å². The fraction of sp³-hybridized carbons (Fsp3) is 0.300. The van der Waals surface area contributed by atoms with Crippen molar-refractivity contribution < 1.29 is 14.3 Å². The van der Waals surface area contributed by atoms with E-state index in [4.69, 9.17) is 4.74 Å². The Morgan fingerprint density at radius 3 is 2.54 bits per heavy atom. The molecule has 2 aromatic rings. The Bertz CT molecular complexity index is 749. The molecule has 26 heavy (non-hydrogen) atoms. The summed E-state index contributed by atoms with van der Waals surface area (Å²) in [5.41, 5.74) is 1.16. The second kappa shape index (κ2) is 8.76.